The Kier molecular flexibility index (Phi) is 26.5. The number of rotatable bonds is 25. The van der Waals surface area contributed by atoms with Crippen LogP contribution in [0.25, 0.3) is 33.8 Å². The third kappa shape index (κ3) is 23.1. The number of nitrogens with zero attached hydrogens (tertiary/aromatic N) is 15. The van der Waals surface area contributed by atoms with E-state index < -0.39 is 88.7 Å². The summed E-state index contributed by atoms with van der Waals surface area (Å²) in [4.78, 5) is 141. The van der Waals surface area contributed by atoms with Crippen LogP contribution in [0.15, 0.2) is 97.1 Å². The fraction of sp³-hybridized carbons (Fsp3) is 0.580. The van der Waals surface area contributed by atoms with Gasteiger partial charge < -0.3 is 26.6 Å². The van der Waals surface area contributed by atoms with E-state index in [9.17, 15) is 91.8 Å². The minimum absolute atomic E-state index is 0.0278. The highest BCUT2D eigenvalue weighted by molar-refractivity contribution is 5.96. The molecule has 25 rings (SSSR count). The van der Waals surface area contributed by atoms with Gasteiger partial charge in [0.2, 0.25) is 88.8 Å². The molecule has 0 radical (unpaired) electrons. The van der Waals surface area contributed by atoms with Gasteiger partial charge in [-0.3, -0.25) is 74.5 Å². The van der Waals surface area contributed by atoms with Crippen LogP contribution in [0.2, 0.25) is 0 Å². The molecule has 10 aromatic rings. The maximum Gasteiger partial charge on any atom is 0.260 e. The van der Waals surface area contributed by atoms with E-state index in [4.69, 9.17) is 0 Å². The van der Waals surface area contributed by atoms with Crippen molar-refractivity contribution in [2.75, 3.05) is 26.6 Å². The molecule has 6 atom stereocenters. The molecule has 10 amide bonds. The van der Waals surface area contributed by atoms with E-state index in [1.54, 1.807) is 22.6 Å². The number of alkyl halides is 10. The minimum atomic E-state index is -2.84. The minimum Gasteiger partial charge on any atom is -0.353 e. The van der Waals surface area contributed by atoms with E-state index in [-0.39, 0.29) is 145 Å². The summed E-state index contributed by atoms with van der Waals surface area (Å²) in [6.45, 7) is 0. The largest absolute Gasteiger partial charge is 0.353 e. The zero-order valence-corrected chi connectivity index (χ0v) is 79.3. The highest BCUT2D eigenvalue weighted by atomic mass is 19.3. The van der Waals surface area contributed by atoms with Gasteiger partial charge in [0.25, 0.3) is 29.6 Å². The second-order valence-electron chi connectivity index (χ2n) is 42.1. The Bertz CT molecular complexity index is 6080. The summed E-state index contributed by atoms with van der Waals surface area (Å²) in [7, 11) is 0. The van der Waals surface area contributed by atoms with Crippen molar-refractivity contribution >= 4 is 123 Å². The van der Waals surface area contributed by atoms with E-state index in [2.05, 4.69) is 104 Å². The summed E-state index contributed by atoms with van der Waals surface area (Å²) in [6, 6.07) is 28.4. The second-order valence-corrected chi connectivity index (χ2v) is 42.1. The van der Waals surface area contributed by atoms with E-state index in [0.717, 1.165) is 201 Å². The van der Waals surface area contributed by atoms with Crippen molar-refractivity contribution in [3.05, 3.63) is 126 Å². The Morgan fingerprint density at radius 3 is 0.662 bits per heavy atom. The molecule has 0 unspecified atom stereocenters. The Hall–Kier alpha value is -13.2. The summed E-state index contributed by atoms with van der Waals surface area (Å²) < 4.78 is 139. The third-order valence-electron chi connectivity index (χ3n) is 30.6. The van der Waals surface area contributed by atoms with Crippen LogP contribution in [0.3, 0.4) is 0 Å². The molecule has 10 N–H and O–H groups in total. The van der Waals surface area contributed by atoms with Crippen molar-refractivity contribution in [1.29, 1.82) is 0 Å². The van der Waals surface area contributed by atoms with Crippen LogP contribution < -0.4 is 53.2 Å². The highest BCUT2D eigenvalue weighted by Crippen LogP contribution is 2.54. The van der Waals surface area contributed by atoms with Gasteiger partial charge in [-0.05, 0) is 252 Å². The molecular weight excluding hydrogens is 1900 g/mol. The number of allylic oxidation sites excluding steroid dienone is 1. The van der Waals surface area contributed by atoms with Gasteiger partial charge >= 0.3 is 0 Å². The van der Waals surface area contributed by atoms with Gasteiger partial charge in [0.15, 0.2) is 28.2 Å². The van der Waals surface area contributed by atoms with E-state index in [0.29, 0.717) is 77.2 Å². The predicted molar refractivity (Wildman–Crippen MR) is 503 cm³/mol. The van der Waals surface area contributed by atoms with Crippen molar-refractivity contribution in [1.82, 2.24) is 99.6 Å². The summed E-state index contributed by atoms with van der Waals surface area (Å²) in [5.41, 5.74) is 9.35. The molecule has 14 fully saturated rings. The first-order valence-corrected chi connectivity index (χ1v) is 51.0. The normalized spacial score (nSPS) is 27.6. The lowest BCUT2D eigenvalue weighted by Crippen LogP contribution is -2.39. The van der Waals surface area contributed by atoms with Crippen LogP contribution in [0, 0.1) is 59.2 Å². The number of aromatic nitrogens is 15. The average molecular weight is 2020 g/mol. The van der Waals surface area contributed by atoms with Gasteiger partial charge in [-0.2, -0.15) is 24.9 Å². The van der Waals surface area contributed by atoms with Crippen molar-refractivity contribution in [3.8, 4) is 0 Å². The molecule has 0 aromatic carbocycles. The topological polar surface area (TPSA) is 442 Å². The summed E-state index contributed by atoms with van der Waals surface area (Å²) in [5, 5.41) is 50.1. The molecule has 0 saturated heterocycles. The average Bonchev–Trinajstić information content (AvgIpc) is 1.62. The van der Waals surface area contributed by atoms with Crippen LogP contribution in [0.5, 0.6) is 0 Å². The predicted octanol–water partition coefficient (Wildman–Crippen LogP) is 14.3. The zero-order chi connectivity index (χ0) is 101. The molecule has 768 valence electrons. The van der Waals surface area contributed by atoms with E-state index in [1.165, 1.54) is 0 Å². The van der Waals surface area contributed by atoms with Crippen LogP contribution in [0.4, 0.5) is 73.6 Å². The molecular formula is C100H113F10N25O10. The SMILES string of the molecule is O=C(Nc1nc2cccc(C3=CC[C@H](NC(=O)[C@H]4CC4(F)F)CC3)n2n1)C1CC1.O=C(Nc1nc2cccc(C3CCC(NC(=O)[C@@H]4CC4(F)F)CC3)n2n1)C1CC1.O=C(Nc1nc2cccc(C3CCC(NC(=O)[C@@H]4CC4(F)F)CC3)n2n1)C1CC1.O=C(Nc1nc2cccc(C3CCC(NC(=O)[C@H]4CC4(F)F)CC3)n2n1)C1CC1.O=C(Nc1nc2cccc(C3CCC(NC(=O)[C@H]4CC4(F)F)CC3)n2n1)C1CC1. The molecule has 45 heteroatoms. The quantitative estimate of drug-likeness (QED) is 0.0238. The number of amides is 10. The summed E-state index contributed by atoms with van der Waals surface area (Å²) in [5.74, 6) is -19.7. The Morgan fingerprint density at radius 1 is 0.248 bits per heavy atom. The number of pyridine rings is 5. The molecule has 14 saturated carbocycles. The van der Waals surface area contributed by atoms with Gasteiger partial charge in [0.05, 0.1) is 5.69 Å². The van der Waals surface area contributed by atoms with Crippen LogP contribution in [0.1, 0.15) is 270 Å². The Balaban J connectivity index is 0.000000107. The standard InChI is InChI=1S/4C20H23F2N5O2.C20H21F2N5O2/c5*21-20(22)10-14(20)18(29)23-13-8-6-11(7-9-13)15-2-1-3-16-24-19(26-27(15)16)25-17(28)12-4-5-12/h4*1-3,11-14H,4-10H2,(H,23,29)(H,25,26,28);1-3,6,12-14H,4-5,7-10H2,(H,23,29)(H,25,26,28)/t4*11?,13?,14-;13-,14+/m11000/s1. The van der Waals surface area contributed by atoms with Gasteiger partial charge in [0, 0.05) is 138 Å². The second kappa shape index (κ2) is 39.3. The van der Waals surface area contributed by atoms with E-state index >= 15 is 0 Å². The van der Waals surface area contributed by atoms with Crippen molar-refractivity contribution in [2.45, 2.75) is 302 Å². The lowest BCUT2D eigenvalue weighted by Gasteiger charge is -2.29. The summed E-state index contributed by atoms with van der Waals surface area (Å²) >= 11 is 0. The zero-order valence-electron chi connectivity index (χ0n) is 79.3. The molecule has 35 nitrogen and oxygen atoms in total. The fourth-order valence-electron chi connectivity index (χ4n) is 20.5. The van der Waals surface area contributed by atoms with Gasteiger partial charge in [-0.1, -0.05) is 36.4 Å². The van der Waals surface area contributed by atoms with Crippen molar-refractivity contribution < 1.29 is 91.8 Å². The number of nitrogens with one attached hydrogen (secondary N) is 10. The number of hydrogen-bond acceptors (Lipinski definition) is 20. The molecule has 145 heavy (non-hydrogen) atoms. The number of hydrogen-bond donors (Lipinski definition) is 10. The van der Waals surface area contributed by atoms with Crippen LogP contribution in [-0.4, -0.2) is 192 Å². The molecule has 0 bridgehead atoms. The number of fused-ring (bicyclic) bond motifs is 5. The highest BCUT2D eigenvalue weighted by Gasteiger charge is 2.65. The molecule has 10 aromatic heterocycles. The van der Waals surface area contributed by atoms with Gasteiger partial charge in [-0.15, -0.1) is 25.5 Å². The monoisotopic (exact) mass is 2010 g/mol. The first-order valence-electron chi connectivity index (χ1n) is 51.0. The number of anilines is 5. The van der Waals surface area contributed by atoms with E-state index in [1.807, 2.05) is 97.1 Å². The Labute approximate surface area is 823 Å². The van der Waals surface area contributed by atoms with Crippen molar-refractivity contribution in [3.63, 3.8) is 0 Å². The molecule has 15 aliphatic rings. The molecule has 0 aliphatic heterocycles. The van der Waals surface area contributed by atoms with Gasteiger partial charge in [0.1, 0.15) is 29.6 Å². The number of carbonyl (C=O) groups is 10. The fourth-order valence-corrected chi connectivity index (χ4v) is 20.5. The summed E-state index contributed by atoms with van der Waals surface area (Å²) in [6.07, 6.45) is 24.0. The van der Waals surface area contributed by atoms with Crippen LogP contribution in [-0.2, 0) is 47.9 Å². The third-order valence-corrected chi connectivity index (χ3v) is 30.6. The maximum absolute atomic E-state index is 13.1. The number of halogens is 10. The first kappa shape index (κ1) is 97.9. The van der Waals surface area contributed by atoms with Gasteiger partial charge in [-0.25, -0.2) is 66.5 Å². The number of carbonyl (C=O) groups excluding carboxylic acids is 10. The molecule has 10 heterocycles. The first-order chi connectivity index (χ1) is 69.5. The van der Waals surface area contributed by atoms with Crippen LogP contribution >= 0.6 is 0 Å². The maximum atomic E-state index is 13.1. The smallest absolute Gasteiger partial charge is 0.260 e. The lowest BCUT2D eigenvalue weighted by atomic mass is 9.83. The molecule has 15 aliphatic carbocycles. The Morgan fingerprint density at radius 2 is 0.455 bits per heavy atom. The lowest BCUT2D eigenvalue weighted by molar-refractivity contribution is -0.126. The molecule has 0 spiro atoms. The van der Waals surface area contributed by atoms with Crippen molar-refractivity contribution in [2.24, 2.45) is 59.2 Å².